The quantitative estimate of drug-likeness (QED) is 0.549. The second-order valence-electron chi connectivity index (χ2n) is 6.00. The second kappa shape index (κ2) is 9.00. The summed E-state index contributed by atoms with van der Waals surface area (Å²) in [6, 6.07) is 11.2. The second-order valence-corrected chi connectivity index (χ2v) is 6.41. The maximum absolute atomic E-state index is 5.32. The van der Waals surface area contributed by atoms with E-state index in [1.807, 2.05) is 6.07 Å². The number of thiocarbonyl (C=S) groups is 1. The number of hydrogen-bond donors (Lipinski definition) is 3. The lowest BCUT2D eigenvalue weighted by atomic mass is 10.0. The van der Waals surface area contributed by atoms with Crippen LogP contribution >= 0.6 is 12.2 Å². The van der Waals surface area contributed by atoms with Gasteiger partial charge in [0.1, 0.15) is 0 Å². The van der Waals surface area contributed by atoms with Crippen molar-refractivity contribution in [3.63, 3.8) is 0 Å². The number of hydrogen-bond acceptors (Lipinski definition) is 1. The topological polar surface area (TPSA) is 28.5 Å². The minimum absolute atomic E-state index is 0.764. The lowest BCUT2D eigenvalue weighted by molar-refractivity contribution is -0.928. The van der Waals surface area contributed by atoms with Gasteiger partial charge >= 0.3 is 0 Å². The first-order valence-corrected chi connectivity index (χ1v) is 8.57. The Morgan fingerprint density at radius 2 is 2.05 bits per heavy atom. The van der Waals surface area contributed by atoms with Crippen LogP contribution in [-0.4, -0.2) is 30.8 Å². The van der Waals surface area contributed by atoms with E-state index in [2.05, 4.69) is 41.8 Å². The summed E-state index contributed by atoms with van der Waals surface area (Å²) in [4.78, 5) is 1.77. The molecule has 0 saturated carbocycles. The van der Waals surface area contributed by atoms with Crippen molar-refractivity contribution in [3.05, 3.63) is 35.9 Å². The van der Waals surface area contributed by atoms with E-state index < -0.39 is 0 Å². The molecule has 2 rings (SSSR count). The maximum atomic E-state index is 5.32. The zero-order valence-electron chi connectivity index (χ0n) is 13.0. The summed E-state index contributed by atoms with van der Waals surface area (Å²) in [6.45, 7) is 6.75. The van der Waals surface area contributed by atoms with Crippen LogP contribution in [0.1, 0.15) is 38.2 Å². The molecule has 21 heavy (non-hydrogen) atoms. The summed E-state index contributed by atoms with van der Waals surface area (Å²) in [5.74, 6) is 0. The molecule has 0 aliphatic carbocycles. The molecule has 116 valence electrons. The summed E-state index contributed by atoms with van der Waals surface area (Å²) in [6.07, 6.45) is 5.38. The van der Waals surface area contributed by atoms with Crippen molar-refractivity contribution in [1.29, 1.82) is 0 Å². The third kappa shape index (κ3) is 6.02. The summed E-state index contributed by atoms with van der Waals surface area (Å²) in [7, 11) is 0. The Hall–Kier alpha value is -1.13. The van der Waals surface area contributed by atoms with Crippen molar-refractivity contribution in [1.82, 2.24) is 10.6 Å². The van der Waals surface area contributed by atoms with Gasteiger partial charge in [-0.3, -0.25) is 0 Å². The van der Waals surface area contributed by atoms with Gasteiger partial charge in [-0.15, -0.1) is 0 Å². The van der Waals surface area contributed by atoms with Gasteiger partial charge in [0.25, 0.3) is 0 Å². The molecule has 1 heterocycles. The zero-order valence-corrected chi connectivity index (χ0v) is 13.8. The molecule has 0 bridgehead atoms. The first kappa shape index (κ1) is 16.2. The molecule has 1 aliphatic heterocycles. The summed E-state index contributed by atoms with van der Waals surface area (Å²) in [5.41, 5.74) is 1.26. The van der Waals surface area contributed by atoms with E-state index in [9.17, 15) is 0 Å². The molecule has 1 unspecified atom stereocenters. The van der Waals surface area contributed by atoms with Gasteiger partial charge in [-0.2, -0.15) is 0 Å². The highest BCUT2D eigenvalue weighted by atomic mass is 32.1. The predicted octanol–water partition coefficient (Wildman–Crippen LogP) is 1.50. The van der Waals surface area contributed by atoms with Gasteiger partial charge in [0.05, 0.1) is 19.1 Å². The van der Waals surface area contributed by atoms with E-state index in [1.54, 1.807) is 4.90 Å². The van der Waals surface area contributed by atoms with Crippen molar-refractivity contribution in [2.45, 2.75) is 45.2 Å². The molecule has 3 N–H and O–H groups in total. The van der Waals surface area contributed by atoms with Crippen LogP contribution in [0.25, 0.3) is 0 Å². The Morgan fingerprint density at radius 1 is 1.24 bits per heavy atom. The van der Waals surface area contributed by atoms with Crippen LogP contribution in [0.15, 0.2) is 30.3 Å². The largest absolute Gasteiger partial charge is 0.363 e. The van der Waals surface area contributed by atoms with Gasteiger partial charge in [-0.05, 0) is 44.0 Å². The first-order chi connectivity index (χ1) is 10.3. The van der Waals surface area contributed by atoms with Gasteiger partial charge in [0.15, 0.2) is 5.11 Å². The number of rotatable bonds is 6. The normalized spacial score (nSPS) is 21.8. The standard InChI is InChI=1S/C17H27N3S/c1-15-8-5-6-12-20(15)13-7-11-18-17(21)19-14-16-9-3-2-4-10-16/h2-4,9-10,15H,5-8,11-14H2,1H3,(H2,18,19,21)/p+1/t15-/m0/s1. The molecule has 2 atom stereocenters. The lowest BCUT2D eigenvalue weighted by Gasteiger charge is -2.30. The highest BCUT2D eigenvalue weighted by Gasteiger charge is 2.20. The molecular formula is C17H28N3S+. The van der Waals surface area contributed by atoms with Crippen LogP contribution in [0.2, 0.25) is 0 Å². The molecule has 0 amide bonds. The van der Waals surface area contributed by atoms with Crippen LogP contribution < -0.4 is 15.5 Å². The summed E-state index contributed by atoms with van der Waals surface area (Å²) < 4.78 is 0. The van der Waals surface area contributed by atoms with Gasteiger partial charge in [-0.1, -0.05) is 30.3 Å². The van der Waals surface area contributed by atoms with E-state index in [1.165, 1.54) is 44.3 Å². The fourth-order valence-electron chi connectivity index (χ4n) is 2.98. The molecule has 0 spiro atoms. The van der Waals surface area contributed by atoms with Crippen molar-refractivity contribution in [2.24, 2.45) is 0 Å². The molecule has 1 aliphatic rings. The van der Waals surface area contributed by atoms with Gasteiger partial charge < -0.3 is 15.5 Å². The molecule has 0 radical (unpaired) electrons. The number of piperidine rings is 1. The fraction of sp³-hybridized carbons (Fsp3) is 0.588. The van der Waals surface area contributed by atoms with Gasteiger partial charge in [0.2, 0.25) is 0 Å². The van der Waals surface area contributed by atoms with Gasteiger partial charge in [0, 0.05) is 19.5 Å². The summed E-state index contributed by atoms with van der Waals surface area (Å²) in [5, 5.41) is 7.34. The minimum atomic E-state index is 0.764. The first-order valence-electron chi connectivity index (χ1n) is 8.16. The number of nitrogens with one attached hydrogen (secondary N) is 3. The van der Waals surface area contributed by atoms with Crippen LogP contribution in [0.3, 0.4) is 0 Å². The molecule has 3 nitrogen and oxygen atoms in total. The van der Waals surface area contributed by atoms with Crippen LogP contribution in [0.4, 0.5) is 0 Å². The predicted molar refractivity (Wildman–Crippen MR) is 92.5 cm³/mol. The number of likely N-dealkylation sites (tertiary alicyclic amines) is 1. The molecule has 4 heteroatoms. The minimum Gasteiger partial charge on any atom is -0.363 e. The number of quaternary nitrogens is 1. The average molecular weight is 306 g/mol. The molecule has 1 aromatic carbocycles. The fourth-order valence-corrected chi connectivity index (χ4v) is 3.16. The Balaban J connectivity index is 1.55. The monoisotopic (exact) mass is 306 g/mol. The molecule has 1 fully saturated rings. The van der Waals surface area contributed by atoms with Crippen molar-refractivity contribution < 1.29 is 4.90 Å². The third-order valence-electron chi connectivity index (χ3n) is 4.34. The van der Waals surface area contributed by atoms with E-state index >= 15 is 0 Å². The average Bonchev–Trinajstić information content (AvgIpc) is 2.52. The zero-order chi connectivity index (χ0) is 14.9. The van der Waals surface area contributed by atoms with Crippen LogP contribution in [-0.2, 0) is 6.54 Å². The van der Waals surface area contributed by atoms with Gasteiger partial charge in [-0.25, -0.2) is 0 Å². The van der Waals surface area contributed by atoms with Crippen molar-refractivity contribution in [2.75, 3.05) is 19.6 Å². The Morgan fingerprint density at radius 3 is 2.81 bits per heavy atom. The maximum Gasteiger partial charge on any atom is 0.166 e. The Kier molecular flexibility index (Phi) is 6.96. The van der Waals surface area contributed by atoms with E-state index in [-0.39, 0.29) is 0 Å². The molecule has 1 aromatic rings. The smallest absolute Gasteiger partial charge is 0.166 e. The highest BCUT2D eigenvalue weighted by Crippen LogP contribution is 2.01. The number of benzene rings is 1. The van der Waals surface area contributed by atoms with E-state index in [0.717, 1.165) is 24.2 Å². The Bertz CT molecular complexity index is 421. The van der Waals surface area contributed by atoms with E-state index in [4.69, 9.17) is 12.2 Å². The van der Waals surface area contributed by atoms with E-state index in [0.29, 0.717) is 0 Å². The third-order valence-corrected chi connectivity index (χ3v) is 4.63. The molecular weight excluding hydrogens is 278 g/mol. The molecule has 1 saturated heterocycles. The van der Waals surface area contributed by atoms with Crippen LogP contribution in [0.5, 0.6) is 0 Å². The molecule has 0 aromatic heterocycles. The van der Waals surface area contributed by atoms with Crippen molar-refractivity contribution in [3.8, 4) is 0 Å². The van der Waals surface area contributed by atoms with Crippen LogP contribution in [0, 0.1) is 0 Å². The van der Waals surface area contributed by atoms with Crippen molar-refractivity contribution >= 4 is 17.3 Å². The SMILES string of the molecule is C[C@H]1CCCC[NH+]1CCCNC(=S)NCc1ccccc1. The lowest BCUT2D eigenvalue weighted by Crippen LogP contribution is -3.16. The summed E-state index contributed by atoms with van der Waals surface area (Å²) >= 11 is 5.32. The highest BCUT2D eigenvalue weighted by molar-refractivity contribution is 7.80. The Labute approximate surface area is 134 Å².